The molecule has 1 heterocycles. The first-order valence-electron chi connectivity index (χ1n) is 3.65. The van der Waals surface area contributed by atoms with Gasteiger partial charge in [0.25, 0.3) is 0 Å². The number of hydrogen-bond donors (Lipinski definition) is 0. The zero-order valence-electron chi connectivity index (χ0n) is 6.33. The van der Waals surface area contributed by atoms with E-state index in [0.29, 0.717) is 0 Å². The SMILES string of the molecule is Brc1ccccc1-c1ccsc1. The highest BCUT2D eigenvalue weighted by Gasteiger charge is 2.00. The summed E-state index contributed by atoms with van der Waals surface area (Å²) in [6.07, 6.45) is 0. The van der Waals surface area contributed by atoms with Gasteiger partial charge in [-0.25, -0.2) is 0 Å². The first-order valence-corrected chi connectivity index (χ1v) is 5.38. The Kier molecular flexibility index (Phi) is 2.28. The summed E-state index contributed by atoms with van der Waals surface area (Å²) in [4.78, 5) is 0. The fourth-order valence-corrected chi connectivity index (χ4v) is 2.28. The monoisotopic (exact) mass is 238 g/mol. The van der Waals surface area contributed by atoms with Gasteiger partial charge < -0.3 is 0 Å². The third-order valence-corrected chi connectivity index (χ3v) is 3.08. The standard InChI is InChI=1S/C10H7BrS/c11-10-4-2-1-3-9(10)8-5-6-12-7-8/h1-7H. The van der Waals surface area contributed by atoms with E-state index in [1.807, 2.05) is 6.07 Å². The molecule has 0 aliphatic carbocycles. The van der Waals surface area contributed by atoms with E-state index in [2.05, 4.69) is 51.0 Å². The third kappa shape index (κ3) is 1.45. The molecule has 1 aromatic heterocycles. The van der Waals surface area contributed by atoms with E-state index in [1.165, 1.54) is 11.1 Å². The van der Waals surface area contributed by atoms with Crippen LogP contribution in [0.4, 0.5) is 0 Å². The minimum absolute atomic E-state index is 1.16. The van der Waals surface area contributed by atoms with Crippen molar-refractivity contribution in [2.45, 2.75) is 0 Å². The van der Waals surface area contributed by atoms with Crippen LogP contribution in [0.25, 0.3) is 11.1 Å². The Morgan fingerprint density at radius 3 is 2.58 bits per heavy atom. The van der Waals surface area contributed by atoms with Gasteiger partial charge in [0.1, 0.15) is 0 Å². The minimum atomic E-state index is 1.16. The van der Waals surface area contributed by atoms with Crippen LogP contribution in [0.5, 0.6) is 0 Å². The van der Waals surface area contributed by atoms with Gasteiger partial charge in [-0.05, 0) is 34.0 Å². The van der Waals surface area contributed by atoms with E-state index in [-0.39, 0.29) is 0 Å². The Balaban J connectivity index is 2.55. The molecule has 0 atom stereocenters. The van der Waals surface area contributed by atoms with Crippen LogP contribution in [0.3, 0.4) is 0 Å². The Morgan fingerprint density at radius 2 is 1.92 bits per heavy atom. The molecular formula is C10H7BrS. The molecule has 1 aromatic carbocycles. The van der Waals surface area contributed by atoms with Crippen LogP contribution in [0.2, 0.25) is 0 Å². The summed E-state index contributed by atoms with van der Waals surface area (Å²) in [7, 11) is 0. The summed E-state index contributed by atoms with van der Waals surface area (Å²) in [5.74, 6) is 0. The largest absolute Gasteiger partial charge is 0.152 e. The average molecular weight is 239 g/mol. The fourth-order valence-electron chi connectivity index (χ4n) is 1.11. The molecule has 0 nitrogen and oxygen atoms in total. The predicted molar refractivity (Wildman–Crippen MR) is 57.5 cm³/mol. The zero-order chi connectivity index (χ0) is 8.39. The van der Waals surface area contributed by atoms with Gasteiger partial charge in [-0.2, -0.15) is 11.3 Å². The maximum absolute atomic E-state index is 3.52. The van der Waals surface area contributed by atoms with Crippen molar-refractivity contribution in [1.29, 1.82) is 0 Å². The Labute approximate surface area is 84.0 Å². The predicted octanol–water partition coefficient (Wildman–Crippen LogP) is 4.18. The van der Waals surface area contributed by atoms with E-state index in [9.17, 15) is 0 Å². The molecule has 0 saturated heterocycles. The van der Waals surface area contributed by atoms with Crippen LogP contribution in [-0.2, 0) is 0 Å². The van der Waals surface area contributed by atoms with Crippen molar-refractivity contribution in [3.05, 3.63) is 45.6 Å². The molecule has 0 radical (unpaired) electrons. The minimum Gasteiger partial charge on any atom is -0.152 e. The van der Waals surface area contributed by atoms with Crippen molar-refractivity contribution in [3.63, 3.8) is 0 Å². The van der Waals surface area contributed by atoms with Crippen LogP contribution >= 0.6 is 27.3 Å². The molecule has 0 saturated carbocycles. The number of rotatable bonds is 1. The first-order chi connectivity index (χ1) is 5.88. The van der Waals surface area contributed by atoms with E-state index in [1.54, 1.807) is 11.3 Å². The molecule has 0 aliphatic rings. The van der Waals surface area contributed by atoms with E-state index in [0.717, 1.165) is 4.47 Å². The number of halogens is 1. The van der Waals surface area contributed by atoms with Crippen LogP contribution in [0, 0.1) is 0 Å². The molecular weight excluding hydrogens is 232 g/mol. The van der Waals surface area contributed by atoms with E-state index >= 15 is 0 Å². The van der Waals surface area contributed by atoms with Crippen molar-refractivity contribution in [3.8, 4) is 11.1 Å². The molecule has 0 fully saturated rings. The summed E-state index contributed by atoms with van der Waals surface area (Å²) in [5, 5.41) is 4.24. The number of thiophene rings is 1. The first kappa shape index (κ1) is 8.02. The lowest BCUT2D eigenvalue weighted by molar-refractivity contribution is 1.62. The van der Waals surface area contributed by atoms with Gasteiger partial charge in [0.15, 0.2) is 0 Å². The van der Waals surface area contributed by atoms with Crippen molar-refractivity contribution >= 4 is 27.3 Å². The van der Waals surface area contributed by atoms with Gasteiger partial charge in [-0.15, -0.1) is 0 Å². The van der Waals surface area contributed by atoms with Crippen LogP contribution in [0.1, 0.15) is 0 Å². The lowest BCUT2D eigenvalue weighted by Gasteiger charge is -1.99. The number of benzene rings is 1. The van der Waals surface area contributed by atoms with Crippen molar-refractivity contribution < 1.29 is 0 Å². The summed E-state index contributed by atoms with van der Waals surface area (Å²) < 4.78 is 1.16. The summed E-state index contributed by atoms with van der Waals surface area (Å²) in [6.45, 7) is 0. The van der Waals surface area contributed by atoms with E-state index in [4.69, 9.17) is 0 Å². The molecule has 0 N–H and O–H groups in total. The summed E-state index contributed by atoms with van der Waals surface area (Å²) in [6, 6.07) is 10.4. The highest BCUT2D eigenvalue weighted by Crippen LogP contribution is 2.28. The molecule has 0 aliphatic heterocycles. The van der Waals surface area contributed by atoms with Gasteiger partial charge in [0, 0.05) is 4.47 Å². The fraction of sp³-hybridized carbons (Fsp3) is 0. The highest BCUT2D eigenvalue weighted by atomic mass is 79.9. The Hall–Kier alpha value is -0.600. The molecule has 0 bridgehead atoms. The number of hydrogen-bond acceptors (Lipinski definition) is 1. The molecule has 60 valence electrons. The van der Waals surface area contributed by atoms with Gasteiger partial charge in [0.2, 0.25) is 0 Å². The van der Waals surface area contributed by atoms with Gasteiger partial charge in [-0.1, -0.05) is 34.1 Å². The van der Waals surface area contributed by atoms with E-state index < -0.39 is 0 Å². The van der Waals surface area contributed by atoms with Crippen molar-refractivity contribution in [2.75, 3.05) is 0 Å². The van der Waals surface area contributed by atoms with Crippen LogP contribution < -0.4 is 0 Å². The summed E-state index contributed by atoms with van der Waals surface area (Å²) >= 11 is 5.24. The highest BCUT2D eigenvalue weighted by molar-refractivity contribution is 9.10. The lowest BCUT2D eigenvalue weighted by atomic mass is 10.1. The van der Waals surface area contributed by atoms with Gasteiger partial charge >= 0.3 is 0 Å². The zero-order valence-corrected chi connectivity index (χ0v) is 8.73. The quantitative estimate of drug-likeness (QED) is 0.700. The molecule has 2 aromatic rings. The smallest absolute Gasteiger partial charge is 0.0254 e. The molecule has 2 rings (SSSR count). The second-order valence-corrected chi connectivity index (χ2v) is 4.13. The van der Waals surface area contributed by atoms with Gasteiger partial charge in [-0.3, -0.25) is 0 Å². The lowest BCUT2D eigenvalue weighted by Crippen LogP contribution is -1.73. The third-order valence-electron chi connectivity index (χ3n) is 1.71. The topological polar surface area (TPSA) is 0 Å². The maximum Gasteiger partial charge on any atom is 0.0254 e. The van der Waals surface area contributed by atoms with Gasteiger partial charge in [0.05, 0.1) is 0 Å². The van der Waals surface area contributed by atoms with Crippen molar-refractivity contribution in [1.82, 2.24) is 0 Å². The second kappa shape index (κ2) is 3.42. The Bertz CT molecular complexity index is 365. The molecule has 2 heteroatoms. The summed E-state index contributed by atoms with van der Waals surface area (Å²) in [5.41, 5.74) is 2.55. The molecule has 0 amide bonds. The molecule has 0 unspecified atom stereocenters. The van der Waals surface area contributed by atoms with Crippen molar-refractivity contribution in [2.24, 2.45) is 0 Å². The molecule has 12 heavy (non-hydrogen) atoms. The maximum atomic E-state index is 3.52. The molecule has 0 spiro atoms. The van der Waals surface area contributed by atoms with Crippen LogP contribution in [0.15, 0.2) is 45.6 Å². The second-order valence-electron chi connectivity index (χ2n) is 2.49. The average Bonchev–Trinajstić information content (AvgIpc) is 2.57. The Morgan fingerprint density at radius 1 is 1.08 bits per heavy atom. The van der Waals surface area contributed by atoms with Crippen LogP contribution in [-0.4, -0.2) is 0 Å². The normalized spacial score (nSPS) is 10.1.